The predicted molar refractivity (Wildman–Crippen MR) is 81.0 cm³/mol. The summed E-state index contributed by atoms with van der Waals surface area (Å²) in [5, 5.41) is 16.7. The number of hydrogen-bond donors (Lipinski definition) is 2. The molecule has 1 unspecified atom stereocenters. The lowest BCUT2D eigenvalue weighted by molar-refractivity contribution is 0.229. The average Bonchev–Trinajstić information content (AvgIpc) is 2.42. The Bertz CT molecular complexity index is 87.9. The predicted octanol–water partition coefficient (Wildman–Crippen LogP) is 3.20. The molecule has 0 amide bonds. The van der Waals surface area contributed by atoms with Crippen molar-refractivity contribution in [3.8, 4) is 0 Å². The van der Waals surface area contributed by atoms with Crippen molar-refractivity contribution in [2.75, 3.05) is 13.2 Å². The molecular weight excluding hydrogens is 284 g/mol. The third-order valence-corrected chi connectivity index (χ3v) is 1.85. The lowest BCUT2D eigenvalue weighted by Crippen LogP contribution is -1.98. The monoisotopic (exact) mass is 308 g/mol. The number of unbranched alkanes of at least 4 members (excludes halogenated alkanes) is 2. The van der Waals surface area contributed by atoms with Gasteiger partial charge in [0.1, 0.15) is 0 Å². The second kappa shape index (κ2) is 36.1. The van der Waals surface area contributed by atoms with Crippen molar-refractivity contribution in [3.63, 3.8) is 0 Å². The van der Waals surface area contributed by atoms with Gasteiger partial charge in [-0.25, -0.2) is 0 Å². The van der Waals surface area contributed by atoms with Crippen LogP contribution in [0.5, 0.6) is 0 Å². The van der Waals surface area contributed by atoms with Crippen molar-refractivity contribution in [2.45, 2.75) is 52.9 Å². The molecule has 0 bridgehead atoms. The van der Waals surface area contributed by atoms with Gasteiger partial charge in [0.25, 0.3) is 0 Å². The van der Waals surface area contributed by atoms with Gasteiger partial charge in [0.15, 0.2) is 0 Å². The zero-order chi connectivity index (χ0) is 14.5. The molecule has 14 radical (unpaired) electrons. The van der Waals surface area contributed by atoms with Crippen LogP contribution in [0.2, 0.25) is 0 Å². The molecule has 0 aliphatic carbocycles. The minimum Gasteiger partial charge on any atom is -0.396 e. The van der Waals surface area contributed by atoms with Crippen LogP contribution in [0.25, 0.3) is 0 Å². The zero-order valence-electron chi connectivity index (χ0n) is 11.6. The largest absolute Gasteiger partial charge is 1.59 e. The first-order valence-corrected chi connectivity index (χ1v) is 10.3. The van der Waals surface area contributed by atoms with E-state index in [-0.39, 0.29) is 0 Å². The van der Waals surface area contributed by atoms with Crippen LogP contribution in [0.3, 0.4) is 0 Å². The highest BCUT2D eigenvalue weighted by molar-refractivity contribution is 6.81. The van der Waals surface area contributed by atoms with Crippen molar-refractivity contribution in [2.24, 2.45) is 5.92 Å². The molecule has 6 heteroatoms. The molecule has 0 aliphatic heterocycles. The molecule has 0 aromatic carbocycles. The topological polar surface area (TPSA) is 40.5 Å². The molecule has 0 saturated carbocycles. The maximum atomic E-state index is 8.47. The number of halogens is 2. The summed E-state index contributed by atoms with van der Waals surface area (Å²) in [4.78, 5) is 0. The standard InChI is InChI=1S/C6H14O.C5H12O.2ClH.2Mg/c1-3-4-6(2)5-7;1-2-3-4-5-6;;;;/h6-7H,3-5H2,1-2H3;6H,2-5H2,1H3;2*1H;;/q;;;;2*+3/p-2. The van der Waals surface area contributed by atoms with E-state index < -0.39 is 0 Å². The quantitative estimate of drug-likeness (QED) is 0.584. The van der Waals surface area contributed by atoms with Crippen LogP contribution in [0.1, 0.15) is 52.9 Å². The van der Waals surface area contributed by atoms with E-state index in [1.54, 1.807) is 0 Å². The summed E-state index contributed by atoms with van der Waals surface area (Å²) in [6, 6.07) is 0. The fourth-order valence-electron chi connectivity index (χ4n) is 0.946. The molecule has 0 fully saturated rings. The van der Waals surface area contributed by atoms with E-state index in [1.165, 1.54) is 54.1 Å². The minimum absolute atomic E-state index is 0.341. The molecule has 0 aliphatic rings. The molecule has 1 atom stereocenters. The molecule has 0 saturated heterocycles. The van der Waals surface area contributed by atoms with E-state index in [0.29, 0.717) is 19.1 Å². The Labute approximate surface area is 140 Å². The van der Waals surface area contributed by atoms with E-state index in [1.807, 2.05) is 0 Å². The van der Waals surface area contributed by atoms with Crippen LogP contribution in [0.4, 0.5) is 0 Å². The first-order chi connectivity index (χ1) is 8.22. The van der Waals surface area contributed by atoms with Crippen molar-refractivity contribution < 1.29 is 10.2 Å². The first kappa shape index (κ1) is 27.4. The van der Waals surface area contributed by atoms with E-state index in [2.05, 4.69) is 38.9 Å². The highest BCUT2D eigenvalue weighted by Gasteiger charge is 2.16. The molecule has 0 aromatic rings. The number of hydrogen-bond acceptors (Lipinski definition) is 2. The maximum absolute atomic E-state index is 8.47. The SMILES string of the molecule is CCCC(C)CO.CCCCCO.[Mg+2][Cl].[Mg+2][Cl]. The van der Waals surface area contributed by atoms with Crippen molar-refractivity contribution in [1.29, 1.82) is 0 Å². The van der Waals surface area contributed by atoms with Crippen LogP contribution in [0.15, 0.2) is 0 Å². The van der Waals surface area contributed by atoms with E-state index in [4.69, 9.17) is 10.2 Å². The summed E-state index contributed by atoms with van der Waals surface area (Å²) >= 11 is 2.67. The Hall–Kier alpha value is 2.03. The smallest absolute Gasteiger partial charge is 0.396 e. The van der Waals surface area contributed by atoms with Crippen molar-refractivity contribution >= 4 is 59.4 Å². The van der Waals surface area contributed by atoms with Gasteiger partial charge in [-0.3, -0.25) is 0 Å². The summed E-state index contributed by atoms with van der Waals surface area (Å²) in [5.74, 6) is 0.505. The Kier molecular flexibility index (Phi) is 58.2. The van der Waals surface area contributed by atoms with Crippen LogP contribution < -0.4 is 0 Å². The van der Waals surface area contributed by atoms with Gasteiger partial charge in [0, 0.05) is 13.2 Å². The summed E-state index contributed by atoms with van der Waals surface area (Å²) in [5.41, 5.74) is 0. The second-order valence-electron chi connectivity index (χ2n) is 3.51. The third-order valence-electron chi connectivity index (χ3n) is 1.85. The molecule has 0 heterocycles. The third kappa shape index (κ3) is 46.1. The molecule has 2 nitrogen and oxygen atoms in total. The zero-order valence-corrected chi connectivity index (χ0v) is 15.9. The molecule has 96 valence electrons. The fourth-order valence-corrected chi connectivity index (χ4v) is 0.946. The fraction of sp³-hybridized carbons (Fsp3) is 1.00. The van der Waals surface area contributed by atoms with Gasteiger partial charge in [-0.05, 0) is 18.8 Å². The molecule has 17 heavy (non-hydrogen) atoms. The van der Waals surface area contributed by atoms with Gasteiger partial charge in [0.05, 0.1) is 0 Å². The molecule has 0 rings (SSSR count). The van der Waals surface area contributed by atoms with E-state index in [0.717, 1.165) is 19.3 Å². The molecule has 2 N–H and O–H groups in total. The Morgan fingerprint density at radius 2 is 1.41 bits per heavy atom. The normalized spacial score (nSPS) is 9.71. The van der Waals surface area contributed by atoms with Crippen LogP contribution in [-0.4, -0.2) is 64.6 Å². The number of aliphatic hydroxyl groups excluding tert-OH is 2. The van der Waals surface area contributed by atoms with Gasteiger partial charge in [-0.15, -0.1) is 0 Å². The van der Waals surface area contributed by atoms with Gasteiger partial charge >= 0.3 is 59.4 Å². The lowest BCUT2D eigenvalue weighted by atomic mass is 10.1. The maximum Gasteiger partial charge on any atom is 1.59 e. The number of rotatable bonds is 6. The van der Waals surface area contributed by atoms with E-state index in [9.17, 15) is 0 Å². The Morgan fingerprint density at radius 3 is 1.53 bits per heavy atom. The highest BCUT2D eigenvalue weighted by Crippen LogP contribution is 2.01. The summed E-state index contributed by atoms with van der Waals surface area (Å²) < 4.78 is 0. The lowest BCUT2D eigenvalue weighted by Gasteiger charge is -2.01. The summed E-state index contributed by atoms with van der Waals surface area (Å²) in [7, 11) is 9.33. The second-order valence-corrected chi connectivity index (χ2v) is 3.51. The van der Waals surface area contributed by atoms with E-state index >= 15 is 0 Å². The minimum atomic E-state index is 0.341. The molecule has 0 aromatic heterocycles. The first-order valence-electron chi connectivity index (χ1n) is 5.98. The van der Waals surface area contributed by atoms with Gasteiger partial charge in [-0.2, -0.15) is 0 Å². The van der Waals surface area contributed by atoms with Crippen LogP contribution >= 0.6 is 18.1 Å². The average molecular weight is 310 g/mol. The number of aliphatic hydroxyl groups is 2. The van der Waals surface area contributed by atoms with Gasteiger partial charge < -0.3 is 10.2 Å². The van der Waals surface area contributed by atoms with Crippen LogP contribution in [-0.2, 0) is 0 Å². The Balaban J connectivity index is -0.0000000772. The van der Waals surface area contributed by atoms with Crippen molar-refractivity contribution in [3.05, 3.63) is 0 Å². The highest BCUT2D eigenvalue weighted by atomic mass is 35.5. The molecule has 0 spiro atoms. The summed E-state index contributed by atoms with van der Waals surface area (Å²) in [6.45, 7) is 7.01. The molecular formula is C11H26Cl2Mg2O2+4. The Morgan fingerprint density at radius 1 is 0.941 bits per heavy atom. The van der Waals surface area contributed by atoms with Crippen LogP contribution in [0, 0.1) is 5.92 Å². The van der Waals surface area contributed by atoms with Gasteiger partial charge in [-0.1, -0.05) is 40.0 Å². The van der Waals surface area contributed by atoms with Gasteiger partial charge in [0.2, 0.25) is 0 Å². The summed E-state index contributed by atoms with van der Waals surface area (Å²) in [6.07, 6.45) is 5.66. The van der Waals surface area contributed by atoms with Crippen molar-refractivity contribution in [1.82, 2.24) is 0 Å².